The van der Waals surface area contributed by atoms with Crippen LogP contribution in [-0.2, 0) is 19.6 Å². The summed E-state index contributed by atoms with van der Waals surface area (Å²) in [5.41, 5.74) is -0.281. The van der Waals surface area contributed by atoms with Gasteiger partial charge >= 0.3 is 6.18 Å². The fraction of sp³-hybridized carbons (Fsp3) is 0.467. The molecule has 0 spiro atoms. The first-order chi connectivity index (χ1) is 9.56. The lowest BCUT2D eigenvalue weighted by atomic mass is 9.92. The number of alkyl halides is 3. The molecular weight excluding hydrogens is 279 g/mol. The van der Waals surface area contributed by atoms with E-state index in [2.05, 4.69) is 30.9 Å². The van der Waals surface area contributed by atoms with Gasteiger partial charge in [0, 0.05) is 19.0 Å². The molecule has 6 heteroatoms. The zero-order valence-corrected chi connectivity index (χ0v) is 12.5. The average Bonchev–Trinajstić information content (AvgIpc) is 2.68. The van der Waals surface area contributed by atoms with Gasteiger partial charge in [-0.2, -0.15) is 18.3 Å². The Balaban J connectivity index is 2.37. The molecule has 2 rings (SSSR count). The summed E-state index contributed by atoms with van der Waals surface area (Å²) in [5.74, 6) is 1.08. The molecule has 0 N–H and O–H groups in total. The van der Waals surface area contributed by atoms with Gasteiger partial charge in [0.15, 0.2) is 5.82 Å². The van der Waals surface area contributed by atoms with Crippen LogP contribution in [0.4, 0.5) is 13.2 Å². The van der Waals surface area contributed by atoms with Crippen molar-refractivity contribution in [2.45, 2.75) is 33.4 Å². The molecule has 0 aliphatic rings. The summed E-state index contributed by atoms with van der Waals surface area (Å²) >= 11 is 0. The number of benzene rings is 1. The van der Waals surface area contributed by atoms with Crippen molar-refractivity contribution in [1.82, 2.24) is 14.8 Å². The maximum Gasteiger partial charge on any atom is 0.416 e. The summed E-state index contributed by atoms with van der Waals surface area (Å²) in [6, 6.07) is 5.09. The largest absolute Gasteiger partial charge is 0.416 e. The molecule has 0 amide bonds. The molecule has 3 nitrogen and oxygen atoms in total. The van der Waals surface area contributed by atoms with Crippen LogP contribution in [-0.4, -0.2) is 14.8 Å². The Labute approximate surface area is 121 Å². The van der Waals surface area contributed by atoms with Gasteiger partial charge in [-0.3, -0.25) is 4.68 Å². The third-order valence-electron chi connectivity index (χ3n) is 2.99. The third-order valence-corrected chi connectivity index (χ3v) is 2.99. The topological polar surface area (TPSA) is 30.7 Å². The van der Waals surface area contributed by atoms with E-state index in [4.69, 9.17) is 0 Å². The normalized spacial score (nSPS) is 12.7. The highest BCUT2D eigenvalue weighted by Crippen LogP contribution is 2.31. The molecule has 0 atom stereocenters. The van der Waals surface area contributed by atoms with Crippen molar-refractivity contribution >= 4 is 0 Å². The van der Waals surface area contributed by atoms with E-state index in [1.807, 2.05) is 0 Å². The molecule has 114 valence electrons. The van der Waals surface area contributed by atoms with Crippen molar-refractivity contribution in [3.05, 3.63) is 35.7 Å². The number of halogens is 3. The van der Waals surface area contributed by atoms with Gasteiger partial charge in [0.1, 0.15) is 5.82 Å². The zero-order chi connectivity index (χ0) is 15.8. The summed E-state index contributed by atoms with van der Waals surface area (Å²) < 4.78 is 39.9. The van der Waals surface area contributed by atoms with E-state index in [9.17, 15) is 13.2 Å². The lowest BCUT2D eigenvalue weighted by Crippen LogP contribution is -2.13. The molecule has 0 aliphatic carbocycles. The number of aromatic nitrogens is 3. The third kappa shape index (κ3) is 3.83. The number of nitrogens with zero attached hydrogens (tertiary/aromatic N) is 3. The van der Waals surface area contributed by atoms with Crippen molar-refractivity contribution in [2.24, 2.45) is 12.5 Å². The minimum atomic E-state index is -4.36. The highest BCUT2D eigenvalue weighted by molar-refractivity contribution is 5.56. The van der Waals surface area contributed by atoms with Gasteiger partial charge in [0.05, 0.1) is 5.56 Å². The standard InChI is InChI=1S/C15H18F3N3/c1-14(2,3)9-12-19-13(20-21(12)4)10-6-5-7-11(8-10)15(16,17)18/h5-8H,9H2,1-4H3. The van der Waals surface area contributed by atoms with E-state index in [0.717, 1.165) is 18.0 Å². The molecule has 0 saturated carbocycles. The summed E-state index contributed by atoms with van der Waals surface area (Å²) in [7, 11) is 1.76. The summed E-state index contributed by atoms with van der Waals surface area (Å²) in [6.45, 7) is 6.23. The fourth-order valence-electron chi connectivity index (χ4n) is 2.00. The molecule has 0 bridgehead atoms. The second-order valence-electron chi connectivity index (χ2n) is 6.29. The molecule has 0 radical (unpaired) electrons. The van der Waals surface area contributed by atoms with Gasteiger partial charge in [-0.1, -0.05) is 32.9 Å². The van der Waals surface area contributed by atoms with Crippen LogP contribution in [0.1, 0.15) is 32.2 Å². The van der Waals surface area contributed by atoms with Crippen LogP contribution in [0, 0.1) is 5.41 Å². The van der Waals surface area contributed by atoms with E-state index in [0.29, 0.717) is 17.8 Å². The first kappa shape index (κ1) is 15.5. The van der Waals surface area contributed by atoms with Crippen molar-refractivity contribution in [3.8, 4) is 11.4 Å². The van der Waals surface area contributed by atoms with Crippen LogP contribution in [0.15, 0.2) is 24.3 Å². The van der Waals surface area contributed by atoms with Gasteiger partial charge < -0.3 is 0 Å². The van der Waals surface area contributed by atoms with Crippen molar-refractivity contribution in [1.29, 1.82) is 0 Å². The summed E-state index contributed by atoms with van der Waals surface area (Å²) in [4.78, 5) is 4.37. The van der Waals surface area contributed by atoms with E-state index in [1.54, 1.807) is 17.8 Å². The van der Waals surface area contributed by atoms with Crippen LogP contribution >= 0.6 is 0 Å². The SMILES string of the molecule is Cn1nc(-c2cccc(C(F)(F)F)c2)nc1CC(C)(C)C. The van der Waals surface area contributed by atoms with Crippen LogP contribution in [0.3, 0.4) is 0 Å². The number of rotatable bonds is 2. The Bertz CT molecular complexity index is 636. The van der Waals surface area contributed by atoms with Crippen molar-refractivity contribution in [3.63, 3.8) is 0 Å². The Hall–Kier alpha value is -1.85. The van der Waals surface area contributed by atoms with Crippen LogP contribution in [0.5, 0.6) is 0 Å². The van der Waals surface area contributed by atoms with Crippen LogP contribution in [0.2, 0.25) is 0 Å². The maximum absolute atomic E-state index is 12.7. The number of hydrogen-bond acceptors (Lipinski definition) is 2. The lowest BCUT2D eigenvalue weighted by molar-refractivity contribution is -0.137. The smallest absolute Gasteiger partial charge is 0.252 e. The number of aryl methyl sites for hydroxylation is 1. The molecule has 0 saturated heterocycles. The highest BCUT2D eigenvalue weighted by atomic mass is 19.4. The molecule has 0 fully saturated rings. The second kappa shape index (κ2) is 5.16. The fourth-order valence-corrected chi connectivity index (χ4v) is 2.00. The van der Waals surface area contributed by atoms with Gasteiger partial charge in [-0.05, 0) is 17.5 Å². The molecule has 2 aromatic rings. The average molecular weight is 297 g/mol. The van der Waals surface area contributed by atoms with Crippen LogP contribution < -0.4 is 0 Å². The van der Waals surface area contributed by atoms with E-state index >= 15 is 0 Å². The molecular formula is C15H18F3N3. The quantitative estimate of drug-likeness (QED) is 0.836. The molecule has 0 unspecified atom stereocenters. The van der Waals surface area contributed by atoms with Gasteiger partial charge in [-0.25, -0.2) is 4.98 Å². The van der Waals surface area contributed by atoms with E-state index in [-0.39, 0.29) is 5.41 Å². The Morgan fingerprint density at radius 2 is 1.81 bits per heavy atom. The molecule has 1 aromatic carbocycles. The predicted molar refractivity (Wildman–Crippen MR) is 74.6 cm³/mol. The van der Waals surface area contributed by atoms with Gasteiger partial charge in [0.25, 0.3) is 0 Å². The minimum Gasteiger partial charge on any atom is -0.252 e. The first-order valence-electron chi connectivity index (χ1n) is 6.64. The maximum atomic E-state index is 12.7. The van der Waals surface area contributed by atoms with Crippen molar-refractivity contribution in [2.75, 3.05) is 0 Å². The van der Waals surface area contributed by atoms with Crippen molar-refractivity contribution < 1.29 is 13.2 Å². The lowest BCUT2D eigenvalue weighted by Gasteiger charge is -2.16. The van der Waals surface area contributed by atoms with E-state index in [1.165, 1.54) is 6.07 Å². The van der Waals surface area contributed by atoms with Crippen LogP contribution in [0.25, 0.3) is 11.4 Å². The van der Waals surface area contributed by atoms with Gasteiger partial charge in [0.2, 0.25) is 0 Å². The summed E-state index contributed by atoms with van der Waals surface area (Å²) in [5, 5.41) is 4.23. The number of hydrogen-bond donors (Lipinski definition) is 0. The molecule has 21 heavy (non-hydrogen) atoms. The Morgan fingerprint density at radius 3 is 2.38 bits per heavy atom. The molecule has 1 heterocycles. The monoisotopic (exact) mass is 297 g/mol. The minimum absolute atomic E-state index is 0.0336. The molecule has 1 aromatic heterocycles. The second-order valence-corrected chi connectivity index (χ2v) is 6.29. The zero-order valence-electron chi connectivity index (χ0n) is 12.5. The Morgan fingerprint density at radius 1 is 1.14 bits per heavy atom. The molecule has 0 aliphatic heterocycles. The first-order valence-corrected chi connectivity index (χ1v) is 6.64. The predicted octanol–water partition coefficient (Wildman–Crippen LogP) is 4.09. The highest BCUT2D eigenvalue weighted by Gasteiger charge is 2.30. The Kier molecular flexibility index (Phi) is 3.82. The van der Waals surface area contributed by atoms with E-state index < -0.39 is 11.7 Å². The van der Waals surface area contributed by atoms with Gasteiger partial charge in [-0.15, -0.1) is 0 Å². The summed E-state index contributed by atoms with van der Waals surface area (Å²) in [6.07, 6.45) is -3.66.